The molecule has 0 saturated heterocycles. The maximum Gasteiger partial charge on any atom is 0.272 e. The van der Waals surface area contributed by atoms with Gasteiger partial charge in [-0.25, -0.2) is 4.98 Å². The van der Waals surface area contributed by atoms with Gasteiger partial charge in [0.2, 0.25) is 5.91 Å². The average Bonchev–Trinajstić information content (AvgIpc) is 3.16. The number of aromatic nitrogens is 5. The van der Waals surface area contributed by atoms with Crippen LogP contribution in [0.15, 0.2) is 48.7 Å². The van der Waals surface area contributed by atoms with E-state index < -0.39 is 0 Å². The number of amides is 1. The predicted octanol–water partition coefficient (Wildman–Crippen LogP) is 4.13. The lowest BCUT2D eigenvalue weighted by atomic mass is 9.84. The molecule has 3 heterocycles. The Bertz CT molecular complexity index is 1380. The van der Waals surface area contributed by atoms with Crippen molar-refractivity contribution in [1.82, 2.24) is 25.0 Å². The summed E-state index contributed by atoms with van der Waals surface area (Å²) >= 11 is 0. The fourth-order valence-electron chi connectivity index (χ4n) is 4.26. The van der Waals surface area contributed by atoms with Crippen molar-refractivity contribution in [3.63, 3.8) is 0 Å². The summed E-state index contributed by atoms with van der Waals surface area (Å²) in [5.41, 5.74) is 6.80. The van der Waals surface area contributed by atoms with Gasteiger partial charge in [0.1, 0.15) is 11.6 Å². The van der Waals surface area contributed by atoms with Crippen LogP contribution in [0.3, 0.4) is 0 Å². The first kappa shape index (κ1) is 20.8. The van der Waals surface area contributed by atoms with Crippen LogP contribution in [-0.4, -0.2) is 38.0 Å². The summed E-state index contributed by atoms with van der Waals surface area (Å²) in [4.78, 5) is 17.4. The first-order valence-corrected chi connectivity index (χ1v) is 10.8. The maximum absolute atomic E-state index is 12.7. The molecule has 4 aromatic rings. The Hall–Kier alpha value is -4.07. The maximum atomic E-state index is 12.7. The molecule has 0 radical (unpaired) electrons. The SMILES string of the molecule is COc1cccc(-c2cnnc(-n3nc(C)c4c3NC(=O)CC4c3ccc(C)c(C)c3)n2)c1. The van der Waals surface area contributed by atoms with E-state index in [1.54, 1.807) is 18.0 Å². The number of fused-ring (bicyclic) bond motifs is 1. The van der Waals surface area contributed by atoms with Gasteiger partial charge in [0.25, 0.3) is 5.95 Å². The summed E-state index contributed by atoms with van der Waals surface area (Å²) in [5, 5.41) is 16.0. The Morgan fingerprint density at radius 3 is 2.73 bits per heavy atom. The summed E-state index contributed by atoms with van der Waals surface area (Å²) in [5.74, 6) is 1.46. The zero-order valence-corrected chi connectivity index (χ0v) is 19.0. The van der Waals surface area contributed by atoms with Crippen molar-refractivity contribution in [3.8, 4) is 23.0 Å². The number of carbonyl (C=O) groups is 1. The monoisotopic (exact) mass is 440 g/mol. The number of benzene rings is 2. The fraction of sp³-hybridized carbons (Fsp3) is 0.240. The third-order valence-electron chi connectivity index (χ3n) is 6.14. The number of carbonyl (C=O) groups excluding carboxylic acids is 1. The highest BCUT2D eigenvalue weighted by Gasteiger charge is 2.33. The molecule has 0 spiro atoms. The van der Waals surface area contributed by atoms with Crippen LogP contribution in [0.1, 0.15) is 40.3 Å². The molecule has 0 saturated carbocycles. The van der Waals surface area contributed by atoms with Gasteiger partial charge in [-0.2, -0.15) is 14.9 Å². The smallest absolute Gasteiger partial charge is 0.272 e. The van der Waals surface area contributed by atoms with E-state index in [1.165, 1.54) is 11.1 Å². The number of nitrogens with one attached hydrogen (secondary N) is 1. The molecule has 1 aliphatic heterocycles. The Labute approximate surface area is 191 Å². The van der Waals surface area contributed by atoms with Crippen molar-refractivity contribution in [2.24, 2.45) is 0 Å². The molecule has 2 aromatic carbocycles. The lowest BCUT2D eigenvalue weighted by molar-refractivity contribution is -0.116. The van der Waals surface area contributed by atoms with E-state index >= 15 is 0 Å². The molecular formula is C25H24N6O2. The molecule has 1 aliphatic rings. The van der Waals surface area contributed by atoms with Gasteiger partial charge in [0.05, 0.1) is 24.7 Å². The van der Waals surface area contributed by atoms with Crippen LogP contribution in [0.2, 0.25) is 0 Å². The average molecular weight is 441 g/mol. The minimum atomic E-state index is -0.0867. The van der Waals surface area contributed by atoms with Crippen molar-refractivity contribution in [2.75, 3.05) is 12.4 Å². The normalized spacial score (nSPS) is 15.2. The van der Waals surface area contributed by atoms with Crippen LogP contribution >= 0.6 is 0 Å². The Morgan fingerprint density at radius 2 is 1.94 bits per heavy atom. The summed E-state index contributed by atoms with van der Waals surface area (Å²) in [6.45, 7) is 6.11. The van der Waals surface area contributed by atoms with Crippen LogP contribution in [0.25, 0.3) is 17.2 Å². The minimum absolute atomic E-state index is 0.0659. The first-order chi connectivity index (χ1) is 15.9. The zero-order valence-electron chi connectivity index (χ0n) is 19.0. The summed E-state index contributed by atoms with van der Waals surface area (Å²) < 4.78 is 6.90. The second-order valence-corrected chi connectivity index (χ2v) is 8.28. The second-order valence-electron chi connectivity index (χ2n) is 8.28. The van der Waals surface area contributed by atoms with Crippen molar-refractivity contribution in [3.05, 3.63) is 76.6 Å². The Balaban J connectivity index is 1.60. The molecule has 166 valence electrons. The van der Waals surface area contributed by atoms with Gasteiger partial charge in [0, 0.05) is 23.5 Å². The van der Waals surface area contributed by atoms with E-state index in [0.29, 0.717) is 23.9 Å². The standard InChI is InChI=1S/C25H24N6O2/c1-14-8-9-17(10-15(14)2)20-12-22(32)28-24-23(20)16(3)30-31(24)25-27-21(13-26-29-25)18-6-5-7-19(11-18)33-4/h5-11,13,20H,12H2,1-4H3,(H,28,32). The first-order valence-electron chi connectivity index (χ1n) is 10.8. The Morgan fingerprint density at radius 1 is 1.09 bits per heavy atom. The number of anilines is 1. The fourth-order valence-corrected chi connectivity index (χ4v) is 4.26. The molecule has 0 aliphatic carbocycles. The highest BCUT2D eigenvalue weighted by Crippen LogP contribution is 2.40. The molecule has 2 aromatic heterocycles. The molecule has 33 heavy (non-hydrogen) atoms. The van der Waals surface area contributed by atoms with Crippen LogP contribution in [0.5, 0.6) is 5.75 Å². The van der Waals surface area contributed by atoms with Crippen LogP contribution in [0.4, 0.5) is 5.82 Å². The highest BCUT2D eigenvalue weighted by atomic mass is 16.5. The van der Waals surface area contributed by atoms with E-state index in [4.69, 9.17) is 9.84 Å². The van der Waals surface area contributed by atoms with Gasteiger partial charge < -0.3 is 10.1 Å². The van der Waals surface area contributed by atoms with E-state index in [-0.39, 0.29) is 11.8 Å². The van der Waals surface area contributed by atoms with Gasteiger partial charge in [0.15, 0.2) is 0 Å². The van der Waals surface area contributed by atoms with Crippen molar-refractivity contribution >= 4 is 11.7 Å². The van der Waals surface area contributed by atoms with Gasteiger partial charge in [-0.3, -0.25) is 4.79 Å². The zero-order chi connectivity index (χ0) is 23.1. The molecule has 8 heteroatoms. The molecule has 1 amide bonds. The van der Waals surface area contributed by atoms with Gasteiger partial charge in [-0.15, -0.1) is 5.10 Å². The van der Waals surface area contributed by atoms with Crippen molar-refractivity contribution < 1.29 is 9.53 Å². The molecule has 0 bridgehead atoms. The predicted molar refractivity (Wildman–Crippen MR) is 125 cm³/mol. The van der Waals surface area contributed by atoms with E-state index in [1.807, 2.05) is 31.2 Å². The number of rotatable bonds is 4. The quantitative estimate of drug-likeness (QED) is 0.513. The van der Waals surface area contributed by atoms with Crippen molar-refractivity contribution in [1.29, 1.82) is 0 Å². The molecule has 1 N–H and O–H groups in total. The van der Waals surface area contributed by atoms with Crippen LogP contribution in [0, 0.1) is 20.8 Å². The van der Waals surface area contributed by atoms with E-state index in [0.717, 1.165) is 28.1 Å². The summed E-state index contributed by atoms with van der Waals surface area (Å²) in [6, 6.07) is 13.9. The summed E-state index contributed by atoms with van der Waals surface area (Å²) in [7, 11) is 1.62. The number of hydrogen-bond acceptors (Lipinski definition) is 6. The number of aryl methyl sites for hydroxylation is 3. The third kappa shape index (κ3) is 3.73. The van der Waals surface area contributed by atoms with Crippen LogP contribution in [-0.2, 0) is 4.79 Å². The summed E-state index contributed by atoms with van der Waals surface area (Å²) in [6.07, 6.45) is 1.96. The van der Waals surface area contributed by atoms with Crippen molar-refractivity contribution in [2.45, 2.75) is 33.1 Å². The molecular weight excluding hydrogens is 416 g/mol. The van der Waals surface area contributed by atoms with E-state index in [2.05, 4.69) is 52.5 Å². The molecule has 0 fully saturated rings. The number of ether oxygens (including phenoxy) is 1. The molecule has 8 nitrogen and oxygen atoms in total. The lowest BCUT2D eigenvalue weighted by Gasteiger charge is -2.24. The van der Waals surface area contributed by atoms with Gasteiger partial charge in [-0.05, 0) is 49.6 Å². The molecule has 5 rings (SSSR count). The topological polar surface area (TPSA) is 94.8 Å². The lowest BCUT2D eigenvalue weighted by Crippen LogP contribution is -2.25. The third-order valence-corrected chi connectivity index (χ3v) is 6.14. The minimum Gasteiger partial charge on any atom is -0.497 e. The number of methoxy groups -OCH3 is 1. The van der Waals surface area contributed by atoms with E-state index in [9.17, 15) is 4.79 Å². The molecule has 1 atom stereocenters. The van der Waals surface area contributed by atoms with Crippen LogP contribution < -0.4 is 10.1 Å². The van der Waals surface area contributed by atoms with Gasteiger partial charge in [-0.1, -0.05) is 30.3 Å². The second kappa shape index (κ2) is 8.12. The number of hydrogen-bond donors (Lipinski definition) is 1. The Kier molecular flexibility index (Phi) is 5.12. The van der Waals surface area contributed by atoms with Gasteiger partial charge >= 0.3 is 0 Å². The highest BCUT2D eigenvalue weighted by molar-refractivity contribution is 5.95. The number of nitrogens with zero attached hydrogens (tertiary/aromatic N) is 5. The largest absolute Gasteiger partial charge is 0.497 e. The molecule has 1 unspecified atom stereocenters.